The fourth-order valence-electron chi connectivity index (χ4n) is 6.68. The first kappa shape index (κ1) is 17.8. The third-order valence-corrected chi connectivity index (χ3v) is 10.1. The molecule has 3 saturated carbocycles. The third kappa shape index (κ3) is 2.71. The molecule has 0 nitrogen and oxygen atoms in total. The van der Waals surface area contributed by atoms with Crippen LogP contribution in [0.15, 0.2) is 0 Å². The predicted octanol–water partition coefficient (Wildman–Crippen LogP) is 7.04. The van der Waals surface area contributed by atoms with E-state index in [1.54, 1.807) is 0 Å². The molecule has 0 aromatic heterocycles. The fourth-order valence-corrected chi connectivity index (χ4v) is 6.68. The first-order valence-electron chi connectivity index (χ1n) is 10.5. The Morgan fingerprint density at radius 2 is 1.43 bits per heavy atom. The Kier molecular flexibility index (Phi) is 4.06. The van der Waals surface area contributed by atoms with E-state index >= 15 is 0 Å². The Morgan fingerprint density at radius 1 is 0.913 bits per heavy atom. The molecule has 3 rings (SSSR count). The van der Waals surface area contributed by atoms with Gasteiger partial charge in [0.1, 0.15) is 0 Å². The van der Waals surface area contributed by atoms with Gasteiger partial charge < -0.3 is 0 Å². The summed E-state index contributed by atoms with van der Waals surface area (Å²) in [5, 5.41) is 0. The van der Waals surface area contributed by atoms with Gasteiger partial charge in [-0.15, -0.1) is 0 Å². The van der Waals surface area contributed by atoms with Crippen molar-refractivity contribution in [3.8, 4) is 0 Å². The highest BCUT2D eigenvalue weighted by Gasteiger charge is 2.61. The van der Waals surface area contributed by atoms with Crippen LogP contribution < -0.4 is 0 Å². The van der Waals surface area contributed by atoms with Crippen LogP contribution in [0.5, 0.6) is 0 Å². The van der Waals surface area contributed by atoms with E-state index in [-0.39, 0.29) is 0 Å². The van der Waals surface area contributed by atoms with E-state index in [9.17, 15) is 0 Å². The molecule has 3 aliphatic rings. The van der Waals surface area contributed by atoms with E-state index < -0.39 is 0 Å². The molecule has 0 heterocycles. The van der Waals surface area contributed by atoms with Crippen molar-refractivity contribution < 1.29 is 0 Å². The molecule has 134 valence electrons. The second kappa shape index (κ2) is 5.25. The highest BCUT2D eigenvalue weighted by Crippen LogP contribution is 2.69. The van der Waals surface area contributed by atoms with Gasteiger partial charge in [0.25, 0.3) is 0 Å². The average molecular weight is 319 g/mol. The summed E-state index contributed by atoms with van der Waals surface area (Å²) in [7, 11) is 0. The lowest BCUT2D eigenvalue weighted by Gasteiger charge is -2.26. The molecule has 3 aliphatic carbocycles. The highest BCUT2D eigenvalue weighted by molar-refractivity contribution is 5.10. The van der Waals surface area contributed by atoms with E-state index in [2.05, 4.69) is 62.3 Å². The van der Waals surface area contributed by atoms with Gasteiger partial charge >= 0.3 is 0 Å². The minimum Gasteiger partial charge on any atom is -0.0622 e. The van der Waals surface area contributed by atoms with E-state index in [1.165, 1.54) is 25.7 Å². The Balaban J connectivity index is 1.46. The molecule has 0 heteroatoms. The van der Waals surface area contributed by atoms with Gasteiger partial charge in [0.05, 0.1) is 0 Å². The van der Waals surface area contributed by atoms with Crippen LogP contribution in [0.2, 0.25) is 0 Å². The van der Waals surface area contributed by atoms with Crippen LogP contribution in [-0.4, -0.2) is 0 Å². The molecular weight excluding hydrogens is 276 g/mol. The number of hydrogen-bond donors (Lipinski definition) is 0. The molecule has 0 N–H and O–H groups in total. The minimum atomic E-state index is 0.632. The zero-order valence-electron chi connectivity index (χ0n) is 17.4. The van der Waals surface area contributed by atoms with Crippen molar-refractivity contribution in [1.82, 2.24) is 0 Å². The van der Waals surface area contributed by atoms with Crippen molar-refractivity contribution in [2.24, 2.45) is 57.7 Å². The summed E-state index contributed by atoms with van der Waals surface area (Å²) in [5.74, 6) is 6.69. The van der Waals surface area contributed by atoms with Crippen LogP contribution in [0.1, 0.15) is 88.0 Å². The Hall–Kier alpha value is 0. The molecule has 0 aliphatic heterocycles. The van der Waals surface area contributed by atoms with Gasteiger partial charge in [-0.2, -0.15) is 0 Å². The fraction of sp³-hybridized carbons (Fsp3) is 1.00. The molecular formula is C23H42. The van der Waals surface area contributed by atoms with Crippen LogP contribution >= 0.6 is 0 Å². The van der Waals surface area contributed by atoms with Crippen LogP contribution in [0.4, 0.5) is 0 Å². The van der Waals surface area contributed by atoms with Gasteiger partial charge in [0.2, 0.25) is 0 Å². The summed E-state index contributed by atoms with van der Waals surface area (Å²) in [6.07, 6.45) is 5.92. The maximum Gasteiger partial charge on any atom is -0.0243 e. The molecule has 0 bridgehead atoms. The monoisotopic (exact) mass is 318 g/mol. The summed E-state index contributed by atoms with van der Waals surface area (Å²) >= 11 is 0. The van der Waals surface area contributed by atoms with Gasteiger partial charge in [0.15, 0.2) is 0 Å². The molecule has 0 aromatic carbocycles. The molecule has 23 heavy (non-hydrogen) atoms. The number of hydrogen-bond acceptors (Lipinski definition) is 0. The largest absolute Gasteiger partial charge is 0.0622 e. The molecule has 0 radical (unpaired) electrons. The lowest BCUT2D eigenvalue weighted by Crippen LogP contribution is -2.18. The molecule has 0 saturated heterocycles. The van der Waals surface area contributed by atoms with E-state index in [0.717, 1.165) is 41.4 Å². The molecule has 0 amide bonds. The molecule has 0 spiro atoms. The maximum atomic E-state index is 2.59. The first-order chi connectivity index (χ1) is 10.5. The van der Waals surface area contributed by atoms with Crippen molar-refractivity contribution in [3.05, 3.63) is 0 Å². The molecule has 3 fully saturated rings. The minimum absolute atomic E-state index is 0.632. The number of rotatable bonds is 7. The Morgan fingerprint density at radius 3 is 1.87 bits per heavy atom. The van der Waals surface area contributed by atoms with E-state index in [0.29, 0.717) is 16.2 Å². The highest BCUT2D eigenvalue weighted by atomic mass is 14.7. The molecule has 8 unspecified atom stereocenters. The molecule has 0 aromatic rings. The average Bonchev–Trinajstić information content (AvgIpc) is 3.36. The van der Waals surface area contributed by atoms with E-state index in [4.69, 9.17) is 0 Å². The van der Waals surface area contributed by atoms with Gasteiger partial charge in [-0.05, 0) is 76.9 Å². The third-order valence-electron chi connectivity index (χ3n) is 10.1. The Bertz CT molecular complexity index is 453. The normalized spacial score (nSPS) is 52.8. The van der Waals surface area contributed by atoms with Crippen LogP contribution in [0.25, 0.3) is 0 Å². The van der Waals surface area contributed by atoms with Crippen molar-refractivity contribution in [1.29, 1.82) is 0 Å². The van der Waals surface area contributed by atoms with Crippen LogP contribution in [0.3, 0.4) is 0 Å². The lowest BCUT2D eigenvalue weighted by atomic mass is 9.79. The van der Waals surface area contributed by atoms with Gasteiger partial charge in [0, 0.05) is 0 Å². The first-order valence-corrected chi connectivity index (χ1v) is 10.5. The smallest absolute Gasteiger partial charge is 0.0243 e. The summed E-state index contributed by atoms with van der Waals surface area (Å²) in [5.41, 5.74) is 1.93. The van der Waals surface area contributed by atoms with Crippen molar-refractivity contribution in [2.75, 3.05) is 0 Å². The summed E-state index contributed by atoms with van der Waals surface area (Å²) < 4.78 is 0. The maximum absolute atomic E-state index is 2.59. The molecule has 8 atom stereocenters. The van der Waals surface area contributed by atoms with Crippen molar-refractivity contribution in [2.45, 2.75) is 88.0 Å². The van der Waals surface area contributed by atoms with Crippen molar-refractivity contribution in [3.63, 3.8) is 0 Å². The SMILES string of the molecule is CC(CCC1C(C)C1(C)C)C1CC1(C)CC(C)C1(C)C(C)C1C. The standard InChI is InChI=1S/C23H42/c1-14(10-11-19-18(5)21(19,6)7)20-13-22(20,8)12-15(2)23(9)16(3)17(23)4/h14-20H,10-13H2,1-9H3. The van der Waals surface area contributed by atoms with Gasteiger partial charge in [-0.25, -0.2) is 0 Å². The summed E-state index contributed by atoms with van der Waals surface area (Å²) in [6.45, 7) is 22.6. The lowest BCUT2D eigenvalue weighted by molar-refractivity contribution is 0.231. The second-order valence-electron chi connectivity index (χ2n) is 11.3. The van der Waals surface area contributed by atoms with Crippen LogP contribution in [-0.2, 0) is 0 Å². The zero-order chi connectivity index (χ0) is 17.4. The second-order valence-corrected chi connectivity index (χ2v) is 11.3. The van der Waals surface area contributed by atoms with Crippen molar-refractivity contribution >= 4 is 0 Å². The summed E-state index contributed by atoms with van der Waals surface area (Å²) in [6, 6.07) is 0. The van der Waals surface area contributed by atoms with Gasteiger partial charge in [-0.3, -0.25) is 0 Å². The van der Waals surface area contributed by atoms with E-state index in [1.807, 2.05) is 0 Å². The quantitative estimate of drug-likeness (QED) is 0.472. The zero-order valence-corrected chi connectivity index (χ0v) is 17.4. The van der Waals surface area contributed by atoms with Crippen LogP contribution in [0, 0.1) is 57.7 Å². The predicted molar refractivity (Wildman–Crippen MR) is 101 cm³/mol. The Labute approximate surface area is 146 Å². The van der Waals surface area contributed by atoms with Gasteiger partial charge in [-0.1, -0.05) is 68.7 Å². The summed E-state index contributed by atoms with van der Waals surface area (Å²) in [4.78, 5) is 0. The topological polar surface area (TPSA) is 0 Å².